The van der Waals surface area contributed by atoms with Gasteiger partial charge in [0.2, 0.25) is 5.95 Å². The van der Waals surface area contributed by atoms with E-state index in [0.29, 0.717) is 5.92 Å². The van der Waals surface area contributed by atoms with Crippen molar-refractivity contribution in [2.45, 2.75) is 40.0 Å². The summed E-state index contributed by atoms with van der Waals surface area (Å²) in [7, 11) is 0. The number of hydrogen-bond donors (Lipinski definition) is 1. The van der Waals surface area contributed by atoms with Crippen LogP contribution in [-0.4, -0.2) is 42.8 Å². The van der Waals surface area contributed by atoms with Crippen LogP contribution in [0.3, 0.4) is 0 Å². The van der Waals surface area contributed by atoms with Crippen molar-refractivity contribution in [3.63, 3.8) is 0 Å². The first-order valence-corrected chi connectivity index (χ1v) is 7.58. The minimum atomic E-state index is 0.424. The molecule has 2 heterocycles. The minimum Gasteiger partial charge on any atom is -0.378 e. The minimum absolute atomic E-state index is 0.424. The van der Waals surface area contributed by atoms with Gasteiger partial charge in [0.15, 0.2) is 0 Å². The quantitative estimate of drug-likeness (QED) is 0.897. The Labute approximate surface area is 121 Å². The molecule has 0 spiro atoms. The number of morpholine rings is 1. The lowest BCUT2D eigenvalue weighted by Crippen LogP contribution is -2.37. The molecule has 0 bridgehead atoms. The Morgan fingerprint density at radius 1 is 1.25 bits per heavy atom. The van der Waals surface area contributed by atoms with Crippen molar-refractivity contribution in [2.24, 2.45) is 0 Å². The van der Waals surface area contributed by atoms with Crippen LogP contribution in [0.5, 0.6) is 0 Å². The molecule has 0 saturated carbocycles. The third-order valence-corrected chi connectivity index (χ3v) is 3.54. The molecule has 0 unspecified atom stereocenters. The van der Waals surface area contributed by atoms with Gasteiger partial charge >= 0.3 is 0 Å². The molecule has 1 aliphatic rings. The number of aromatic nitrogens is 2. The summed E-state index contributed by atoms with van der Waals surface area (Å²) >= 11 is 0. The highest BCUT2D eigenvalue weighted by atomic mass is 16.5. The molecule has 1 aliphatic heterocycles. The van der Waals surface area contributed by atoms with Gasteiger partial charge in [-0.15, -0.1) is 0 Å². The maximum Gasteiger partial charge on any atom is 0.227 e. The summed E-state index contributed by atoms with van der Waals surface area (Å²) in [5.74, 6) is 2.25. The van der Waals surface area contributed by atoms with Crippen LogP contribution in [0, 0.1) is 6.92 Å². The monoisotopic (exact) mass is 278 g/mol. The Bertz CT molecular complexity index is 442. The Morgan fingerprint density at radius 2 is 1.95 bits per heavy atom. The number of rotatable bonds is 5. The molecular weight excluding hydrogens is 252 g/mol. The van der Waals surface area contributed by atoms with Gasteiger partial charge in [0.1, 0.15) is 5.82 Å². The largest absolute Gasteiger partial charge is 0.378 e. The highest BCUT2D eigenvalue weighted by Gasteiger charge is 2.19. The molecule has 0 aromatic carbocycles. The summed E-state index contributed by atoms with van der Waals surface area (Å²) in [6, 6.07) is 0. The summed E-state index contributed by atoms with van der Waals surface area (Å²) in [5.41, 5.74) is 2.31. The normalized spacial score (nSPS) is 15.8. The smallest absolute Gasteiger partial charge is 0.227 e. The van der Waals surface area contributed by atoms with Crippen molar-refractivity contribution in [3.05, 3.63) is 11.3 Å². The Morgan fingerprint density at radius 3 is 2.55 bits per heavy atom. The number of aryl methyl sites for hydroxylation is 1. The lowest BCUT2D eigenvalue weighted by Gasteiger charge is -2.28. The summed E-state index contributed by atoms with van der Waals surface area (Å²) in [6.45, 7) is 12.8. The zero-order valence-electron chi connectivity index (χ0n) is 13.1. The molecule has 1 N–H and O–H groups in total. The maximum atomic E-state index is 5.40. The van der Waals surface area contributed by atoms with Crippen LogP contribution in [-0.2, 0) is 4.74 Å². The van der Waals surface area contributed by atoms with Gasteiger partial charge < -0.3 is 15.0 Å². The van der Waals surface area contributed by atoms with E-state index in [9.17, 15) is 0 Å². The number of hydrogen-bond acceptors (Lipinski definition) is 5. The van der Waals surface area contributed by atoms with Crippen molar-refractivity contribution in [1.29, 1.82) is 0 Å². The standard InChI is InChI=1S/C15H26N4O/c1-5-6-16-14-13(11(2)3)12(4)17-15(18-14)19-7-9-20-10-8-19/h11H,5-10H2,1-4H3,(H,16,17,18). The molecule has 20 heavy (non-hydrogen) atoms. The lowest BCUT2D eigenvalue weighted by molar-refractivity contribution is 0.122. The molecule has 0 aliphatic carbocycles. The zero-order chi connectivity index (χ0) is 14.5. The molecule has 0 radical (unpaired) electrons. The zero-order valence-corrected chi connectivity index (χ0v) is 13.1. The molecule has 2 rings (SSSR count). The molecule has 1 aromatic heterocycles. The van der Waals surface area contributed by atoms with Crippen LogP contribution in [0.1, 0.15) is 44.4 Å². The Balaban J connectivity index is 2.31. The predicted molar refractivity (Wildman–Crippen MR) is 82.7 cm³/mol. The Hall–Kier alpha value is -1.36. The van der Waals surface area contributed by atoms with E-state index in [2.05, 4.69) is 37.9 Å². The highest BCUT2D eigenvalue weighted by Crippen LogP contribution is 2.27. The van der Waals surface area contributed by atoms with Crippen molar-refractivity contribution in [2.75, 3.05) is 43.1 Å². The van der Waals surface area contributed by atoms with E-state index >= 15 is 0 Å². The first-order chi connectivity index (χ1) is 9.63. The second-order valence-electron chi connectivity index (χ2n) is 5.55. The second-order valence-corrected chi connectivity index (χ2v) is 5.55. The molecule has 0 atom stereocenters. The second kappa shape index (κ2) is 6.88. The van der Waals surface area contributed by atoms with Crippen LogP contribution in [0.15, 0.2) is 0 Å². The van der Waals surface area contributed by atoms with Crippen LogP contribution >= 0.6 is 0 Å². The van der Waals surface area contributed by atoms with Crippen LogP contribution in [0.4, 0.5) is 11.8 Å². The van der Waals surface area contributed by atoms with Crippen molar-refractivity contribution in [3.8, 4) is 0 Å². The number of anilines is 2. The number of nitrogens with zero attached hydrogens (tertiary/aromatic N) is 3. The van der Waals surface area contributed by atoms with E-state index in [-0.39, 0.29) is 0 Å². The lowest BCUT2D eigenvalue weighted by atomic mass is 10.0. The Kier molecular flexibility index (Phi) is 5.17. The van der Waals surface area contributed by atoms with Crippen molar-refractivity contribution >= 4 is 11.8 Å². The van der Waals surface area contributed by atoms with Gasteiger partial charge in [0.05, 0.1) is 13.2 Å². The fraction of sp³-hybridized carbons (Fsp3) is 0.733. The van der Waals surface area contributed by atoms with Gasteiger partial charge in [-0.1, -0.05) is 20.8 Å². The average molecular weight is 278 g/mol. The summed E-state index contributed by atoms with van der Waals surface area (Å²) in [4.78, 5) is 11.7. The SMILES string of the molecule is CCCNc1nc(N2CCOCC2)nc(C)c1C(C)C. The van der Waals surface area contributed by atoms with Crippen molar-refractivity contribution < 1.29 is 4.74 Å². The van der Waals surface area contributed by atoms with Gasteiger partial charge in [0, 0.05) is 30.9 Å². The predicted octanol–water partition coefficient (Wildman–Crippen LogP) is 2.57. The van der Waals surface area contributed by atoms with Gasteiger partial charge in [-0.05, 0) is 19.3 Å². The topological polar surface area (TPSA) is 50.3 Å². The average Bonchev–Trinajstić information content (AvgIpc) is 2.45. The molecule has 0 amide bonds. The molecule has 5 heteroatoms. The molecule has 112 valence electrons. The molecular formula is C15H26N4O. The van der Waals surface area contributed by atoms with Gasteiger partial charge in [0.25, 0.3) is 0 Å². The van der Waals surface area contributed by atoms with E-state index in [0.717, 1.165) is 56.7 Å². The van der Waals surface area contributed by atoms with Gasteiger partial charge in [-0.2, -0.15) is 4.98 Å². The van der Waals surface area contributed by atoms with Gasteiger partial charge in [-0.25, -0.2) is 4.98 Å². The highest BCUT2D eigenvalue weighted by molar-refractivity contribution is 5.52. The van der Waals surface area contributed by atoms with E-state index in [1.807, 2.05) is 0 Å². The summed E-state index contributed by atoms with van der Waals surface area (Å²) in [5, 5.41) is 3.46. The van der Waals surface area contributed by atoms with Crippen molar-refractivity contribution in [1.82, 2.24) is 9.97 Å². The maximum absolute atomic E-state index is 5.40. The van der Waals surface area contributed by atoms with E-state index in [1.165, 1.54) is 5.56 Å². The van der Waals surface area contributed by atoms with E-state index in [4.69, 9.17) is 14.7 Å². The van der Waals surface area contributed by atoms with Crippen LogP contribution < -0.4 is 10.2 Å². The fourth-order valence-electron chi connectivity index (χ4n) is 2.54. The summed E-state index contributed by atoms with van der Waals surface area (Å²) in [6.07, 6.45) is 1.09. The first kappa shape index (κ1) is 15.0. The molecule has 1 aromatic rings. The molecule has 1 fully saturated rings. The number of ether oxygens (including phenoxy) is 1. The third kappa shape index (κ3) is 3.39. The molecule has 5 nitrogen and oxygen atoms in total. The van der Waals surface area contributed by atoms with Crippen LogP contribution in [0.2, 0.25) is 0 Å². The van der Waals surface area contributed by atoms with E-state index in [1.54, 1.807) is 0 Å². The van der Waals surface area contributed by atoms with Gasteiger partial charge in [-0.3, -0.25) is 0 Å². The fourth-order valence-corrected chi connectivity index (χ4v) is 2.54. The van der Waals surface area contributed by atoms with E-state index < -0.39 is 0 Å². The number of nitrogens with one attached hydrogen (secondary N) is 1. The molecule has 1 saturated heterocycles. The first-order valence-electron chi connectivity index (χ1n) is 7.58. The third-order valence-electron chi connectivity index (χ3n) is 3.54. The summed E-state index contributed by atoms with van der Waals surface area (Å²) < 4.78 is 5.40. The van der Waals surface area contributed by atoms with Crippen LogP contribution in [0.25, 0.3) is 0 Å².